The van der Waals surface area contributed by atoms with Crippen LogP contribution in [0.15, 0.2) is 24.3 Å². The lowest BCUT2D eigenvalue weighted by Gasteiger charge is -2.13. The van der Waals surface area contributed by atoms with E-state index in [1.807, 2.05) is 12.1 Å². The second kappa shape index (κ2) is 10.6. The van der Waals surface area contributed by atoms with Gasteiger partial charge in [0.2, 0.25) is 0 Å². The van der Waals surface area contributed by atoms with Gasteiger partial charge in [0.25, 0.3) is 5.91 Å². The molecule has 8 heteroatoms. The van der Waals surface area contributed by atoms with Crippen molar-refractivity contribution in [1.29, 1.82) is 0 Å². The van der Waals surface area contributed by atoms with Gasteiger partial charge in [0.1, 0.15) is 0 Å². The Kier molecular flexibility index (Phi) is 8.78. The summed E-state index contributed by atoms with van der Waals surface area (Å²) in [7, 11) is 5.74. The molecule has 0 aliphatic rings. The summed E-state index contributed by atoms with van der Waals surface area (Å²) in [4.78, 5) is 13.1. The zero-order valence-electron chi connectivity index (χ0n) is 13.8. The normalized spacial score (nSPS) is 10.1. The Morgan fingerprint density at radius 3 is 2.57 bits per heavy atom. The lowest BCUT2D eigenvalue weighted by Crippen LogP contribution is -3.05. The molecule has 0 heterocycles. The number of ether oxygens (including phenoxy) is 2. The third-order valence-electron chi connectivity index (χ3n) is 2.88. The first-order chi connectivity index (χ1) is 11.0. The minimum Gasteiger partial charge on any atom is -0.493 e. The lowest BCUT2D eigenvalue weighted by atomic mass is 10.3. The predicted molar refractivity (Wildman–Crippen MR) is 92.7 cm³/mol. The highest BCUT2D eigenvalue weighted by Gasteiger charge is 2.07. The Labute approximate surface area is 142 Å². The van der Waals surface area contributed by atoms with Crippen LogP contribution < -0.4 is 30.5 Å². The summed E-state index contributed by atoms with van der Waals surface area (Å²) in [5, 5.41) is 3.40. The summed E-state index contributed by atoms with van der Waals surface area (Å²) >= 11 is 5.06. The summed E-state index contributed by atoms with van der Waals surface area (Å²) in [6.45, 7) is 1.67. The highest BCUT2D eigenvalue weighted by molar-refractivity contribution is 7.80. The summed E-state index contributed by atoms with van der Waals surface area (Å²) in [6.07, 6.45) is 0.995. The van der Waals surface area contributed by atoms with Crippen LogP contribution in [0.4, 0.5) is 0 Å². The van der Waals surface area contributed by atoms with Crippen molar-refractivity contribution in [3.63, 3.8) is 0 Å². The monoisotopic (exact) mass is 341 g/mol. The highest BCUT2D eigenvalue weighted by Crippen LogP contribution is 2.25. The van der Waals surface area contributed by atoms with Crippen LogP contribution in [0, 0.1) is 0 Å². The molecule has 128 valence electrons. The molecule has 0 fully saturated rings. The molecule has 0 aliphatic carbocycles. The van der Waals surface area contributed by atoms with E-state index in [9.17, 15) is 4.79 Å². The molecule has 0 atom stereocenters. The average molecular weight is 341 g/mol. The molecular weight excluding hydrogens is 316 g/mol. The van der Waals surface area contributed by atoms with Crippen LogP contribution in [-0.4, -0.2) is 51.9 Å². The highest BCUT2D eigenvalue weighted by atomic mass is 32.1. The van der Waals surface area contributed by atoms with Crippen molar-refractivity contribution in [3.8, 4) is 11.5 Å². The van der Waals surface area contributed by atoms with Gasteiger partial charge < -0.3 is 19.7 Å². The first-order valence-corrected chi connectivity index (χ1v) is 7.81. The number of para-hydroxylation sites is 2. The van der Waals surface area contributed by atoms with Crippen molar-refractivity contribution in [2.45, 2.75) is 6.42 Å². The second-order valence-electron chi connectivity index (χ2n) is 5.18. The van der Waals surface area contributed by atoms with E-state index in [1.54, 1.807) is 19.2 Å². The largest absolute Gasteiger partial charge is 0.493 e. The molecule has 7 nitrogen and oxygen atoms in total. The first-order valence-electron chi connectivity index (χ1n) is 7.40. The molecule has 1 rings (SSSR count). The molecular formula is C15H25N4O3S+. The molecule has 0 saturated carbocycles. The molecule has 1 amide bonds. The topological polar surface area (TPSA) is 76.1 Å². The van der Waals surface area contributed by atoms with Gasteiger partial charge in [0.05, 0.1) is 27.7 Å². The van der Waals surface area contributed by atoms with Crippen LogP contribution in [0.25, 0.3) is 0 Å². The van der Waals surface area contributed by atoms with Crippen molar-refractivity contribution < 1.29 is 19.2 Å². The molecule has 0 saturated heterocycles. The number of carbonyl (C=O) groups excluding carboxylic acids is 1. The summed E-state index contributed by atoms with van der Waals surface area (Å²) < 4.78 is 10.5. The fourth-order valence-corrected chi connectivity index (χ4v) is 1.89. The number of carbonyl (C=O) groups is 1. The number of benzene rings is 1. The number of hydrogen-bond acceptors (Lipinski definition) is 4. The Morgan fingerprint density at radius 1 is 1.22 bits per heavy atom. The van der Waals surface area contributed by atoms with Crippen molar-refractivity contribution in [2.75, 3.05) is 40.9 Å². The van der Waals surface area contributed by atoms with Gasteiger partial charge in [-0.1, -0.05) is 12.1 Å². The zero-order chi connectivity index (χ0) is 17.1. The molecule has 0 radical (unpaired) electrons. The van der Waals surface area contributed by atoms with E-state index in [1.165, 1.54) is 4.90 Å². The lowest BCUT2D eigenvalue weighted by molar-refractivity contribution is -0.858. The SMILES string of the molecule is COc1ccccc1OCC(=O)NNC(=S)NCCC[NH+](C)C. The van der Waals surface area contributed by atoms with E-state index in [-0.39, 0.29) is 12.5 Å². The molecule has 0 aliphatic heterocycles. The van der Waals surface area contributed by atoms with E-state index in [0.717, 1.165) is 19.5 Å². The summed E-state index contributed by atoms with van der Waals surface area (Å²) in [6, 6.07) is 7.14. The third kappa shape index (κ3) is 8.22. The Morgan fingerprint density at radius 2 is 1.91 bits per heavy atom. The smallest absolute Gasteiger partial charge is 0.276 e. The van der Waals surface area contributed by atoms with Crippen molar-refractivity contribution in [3.05, 3.63) is 24.3 Å². The number of rotatable bonds is 8. The molecule has 1 aromatic rings. The first kappa shape index (κ1) is 19.0. The van der Waals surface area contributed by atoms with Crippen LogP contribution in [0.5, 0.6) is 11.5 Å². The average Bonchev–Trinajstić information content (AvgIpc) is 2.55. The second-order valence-corrected chi connectivity index (χ2v) is 5.59. The van der Waals surface area contributed by atoms with E-state index < -0.39 is 0 Å². The molecule has 0 aromatic heterocycles. The van der Waals surface area contributed by atoms with Gasteiger partial charge in [-0.2, -0.15) is 0 Å². The van der Waals surface area contributed by atoms with Gasteiger partial charge in [0.15, 0.2) is 23.2 Å². The van der Waals surface area contributed by atoms with Gasteiger partial charge in [0, 0.05) is 13.0 Å². The van der Waals surface area contributed by atoms with Crippen molar-refractivity contribution >= 4 is 23.2 Å². The van der Waals surface area contributed by atoms with Crippen LogP contribution in [0.3, 0.4) is 0 Å². The number of hydrogen-bond donors (Lipinski definition) is 4. The number of hydrazine groups is 1. The number of thiocarbonyl (C=S) groups is 1. The van der Waals surface area contributed by atoms with Gasteiger partial charge >= 0.3 is 0 Å². The maximum atomic E-state index is 11.7. The molecule has 0 spiro atoms. The number of nitrogens with one attached hydrogen (secondary N) is 4. The van der Waals surface area contributed by atoms with E-state index >= 15 is 0 Å². The quantitative estimate of drug-likeness (QED) is 0.279. The van der Waals surface area contributed by atoms with Crippen molar-refractivity contribution in [1.82, 2.24) is 16.2 Å². The van der Waals surface area contributed by atoms with Crippen LogP contribution >= 0.6 is 12.2 Å². The maximum Gasteiger partial charge on any atom is 0.276 e. The Bertz CT molecular complexity index is 511. The number of quaternary nitrogens is 1. The molecule has 1 aromatic carbocycles. The minimum absolute atomic E-state index is 0.139. The van der Waals surface area contributed by atoms with Gasteiger partial charge in [-0.15, -0.1) is 0 Å². The molecule has 0 unspecified atom stereocenters. The molecule has 0 bridgehead atoms. The van der Waals surface area contributed by atoms with Crippen LogP contribution in [-0.2, 0) is 4.79 Å². The molecule has 23 heavy (non-hydrogen) atoms. The van der Waals surface area contributed by atoms with E-state index in [0.29, 0.717) is 16.6 Å². The molecule has 4 N–H and O–H groups in total. The number of methoxy groups -OCH3 is 1. The maximum absolute atomic E-state index is 11.7. The van der Waals surface area contributed by atoms with Crippen LogP contribution in [0.1, 0.15) is 6.42 Å². The Hall–Kier alpha value is -2.06. The van der Waals surface area contributed by atoms with Gasteiger partial charge in [-0.05, 0) is 24.4 Å². The standard InChI is InChI=1S/C15H24N4O3S/c1-19(2)10-6-9-16-15(23)18-17-14(20)11-22-13-8-5-4-7-12(13)21-3/h4-5,7-8H,6,9-11H2,1-3H3,(H,17,20)(H2,16,18,23)/p+1. The number of amides is 1. The van der Waals surface area contributed by atoms with Crippen molar-refractivity contribution in [2.24, 2.45) is 0 Å². The fraction of sp³-hybridized carbons (Fsp3) is 0.467. The van der Waals surface area contributed by atoms with E-state index in [4.69, 9.17) is 21.7 Å². The van der Waals surface area contributed by atoms with Gasteiger partial charge in [-0.3, -0.25) is 15.6 Å². The zero-order valence-corrected chi connectivity index (χ0v) is 14.6. The van der Waals surface area contributed by atoms with E-state index in [2.05, 4.69) is 30.3 Å². The summed E-state index contributed by atoms with van der Waals surface area (Å²) in [5.41, 5.74) is 5.11. The van der Waals surface area contributed by atoms with Gasteiger partial charge in [-0.25, -0.2) is 0 Å². The van der Waals surface area contributed by atoms with Crippen LogP contribution in [0.2, 0.25) is 0 Å². The summed E-state index contributed by atoms with van der Waals surface area (Å²) in [5.74, 6) is 0.753. The Balaban J connectivity index is 2.20. The predicted octanol–water partition coefficient (Wildman–Crippen LogP) is -0.896. The minimum atomic E-state index is -0.335. The third-order valence-corrected chi connectivity index (χ3v) is 3.13. The fourth-order valence-electron chi connectivity index (χ4n) is 1.73.